The van der Waals surface area contributed by atoms with Gasteiger partial charge in [0.05, 0.1) is 12.7 Å². The summed E-state index contributed by atoms with van der Waals surface area (Å²) < 4.78 is 5.77. The molecule has 4 nitrogen and oxygen atoms in total. The van der Waals surface area contributed by atoms with Crippen LogP contribution in [0.4, 0.5) is 0 Å². The Morgan fingerprint density at radius 3 is 2.88 bits per heavy atom. The maximum Gasteiger partial charge on any atom is 0.0829 e. The van der Waals surface area contributed by atoms with Crippen LogP contribution in [0.2, 0.25) is 0 Å². The molecule has 0 spiro atoms. The molecule has 1 aliphatic heterocycles. The first-order chi connectivity index (χ1) is 8.11. The standard InChI is InChI=1S/C13H29N3O/c1-12(2)5-4-6-16-7-8-17-13(10-16)9-15(3)11-14/h12-13H,4-11,14H2,1-3H3. The van der Waals surface area contributed by atoms with Gasteiger partial charge in [-0.05, 0) is 32.4 Å². The second-order valence-corrected chi connectivity index (χ2v) is 5.55. The van der Waals surface area contributed by atoms with Gasteiger partial charge in [0.15, 0.2) is 0 Å². The molecule has 0 aliphatic carbocycles. The topological polar surface area (TPSA) is 41.7 Å². The fourth-order valence-electron chi connectivity index (χ4n) is 2.24. The van der Waals surface area contributed by atoms with Crippen LogP contribution in [0.5, 0.6) is 0 Å². The predicted octanol–water partition coefficient (Wildman–Crippen LogP) is 0.971. The maximum absolute atomic E-state index is 5.77. The summed E-state index contributed by atoms with van der Waals surface area (Å²) in [6.07, 6.45) is 2.96. The minimum atomic E-state index is 0.330. The number of morpholine rings is 1. The Labute approximate surface area is 106 Å². The van der Waals surface area contributed by atoms with Gasteiger partial charge in [-0.2, -0.15) is 0 Å². The van der Waals surface area contributed by atoms with Crippen LogP contribution in [-0.4, -0.2) is 62.4 Å². The third-order valence-corrected chi connectivity index (χ3v) is 3.31. The van der Waals surface area contributed by atoms with Crippen molar-refractivity contribution in [3.63, 3.8) is 0 Å². The summed E-state index contributed by atoms with van der Waals surface area (Å²) in [4.78, 5) is 4.64. The molecule has 1 fully saturated rings. The van der Waals surface area contributed by atoms with E-state index in [4.69, 9.17) is 10.5 Å². The molecule has 1 unspecified atom stereocenters. The van der Waals surface area contributed by atoms with Crippen molar-refractivity contribution in [1.29, 1.82) is 0 Å². The Bertz CT molecular complexity index is 199. The fourth-order valence-corrected chi connectivity index (χ4v) is 2.24. The van der Waals surface area contributed by atoms with Crippen LogP contribution >= 0.6 is 0 Å². The van der Waals surface area contributed by atoms with Crippen molar-refractivity contribution in [2.24, 2.45) is 11.7 Å². The molecular weight excluding hydrogens is 214 g/mol. The average molecular weight is 243 g/mol. The SMILES string of the molecule is CC(C)CCCN1CCOC(CN(C)CN)C1. The molecule has 2 N–H and O–H groups in total. The molecule has 0 saturated carbocycles. The van der Waals surface area contributed by atoms with Gasteiger partial charge in [0.2, 0.25) is 0 Å². The van der Waals surface area contributed by atoms with Crippen molar-refractivity contribution in [3.05, 3.63) is 0 Å². The van der Waals surface area contributed by atoms with Crippen LogP contribution in [0.25, 0.3) is 0 Å². The maximum atomic E-state index is 5.77. The van der Waals surface area contributed by atoms with Gasteiger partial charge in [0, 0.05) is 26.3 Å². The van der Waals surface area contributed by atoms with Gasteiger partial charge in [0.25, 0.3) is 0 Å². The summed E-state index contributed by atoms with van der Waals surface area (Å²) >= 11 is 0. The van der Waals surface area contributed by atoms with E-state index in [0.717, 1.165) is 32.2 Å². The zero-order valence-electron chi connectivity index (χ0n) is 11.7. The highest BCUT2D eigenvalue weighted by atomic mass is 16.5. The fraction of sp³-hybridized carbons (Fsp3) is 1.00. The van der Waals surface area contributed by atoms with E-state index in [2.05, 4.69) is 23.6 Å². The molecular formula is C13H29N3O. The Balaban J connectivity index is 2.19. The van der Waals surface area contributed by atoms with Gasteiger partial charge in [0.1, 0.15) is 0 Å². The molecule has 0 radical (unpaired) electrons. The van der Waals surface area contributed by atoms with Crippen molar-refractivity contribution in [3.8, 4) is 0 Å². The Morgan fingerprint density at radius 2 is 2.24 bits per heavy atom. The van der Waals surface area contributed by atoms with Crippen molar-refractivity contribution in [1.82, 2.24) is 9.80 Å². The predicted molar refractivity (Wildman–Crippen MR) is 71.9 cm³/mol. The smallest absolute Gasteiger partial charge is 0.0829 e. The third kappa shape index (κ3) is 6.36. The van der Waals surface area contributed by atoms with Gasteiger partial charge < -0.3 is 10.5 Å². The van der Waals surface area contributed by atoms with E-state index in [1.807, 2.05) is 7.05 Å². The van der Waals surface area contributed by atoms with Crippen molar-refractivity contribution in [2.45, 2.75) is 32.8 Å². The van der Waals surface area contributed by atoms with Crippen LogP contribution in [-0.2, 0) is 4.74 Å². The molecule has 0 aromatic heterocycles. The highest BCUT2D eigenvalue weighted by Crippen LogP contribution is 2.09. The normalized spacial score (nSPS) is 22.6. The van der Waals surface area contributed by atoms with E-state index >= 15 is 0 Å². The average Bonchev–Trinajstić information content (AvgIpc) is 2.29. The van der Waals surface area contributed by atoms with Crippen LogP contribution in [0, 0.1) is 5.92 Å². The zero-order valence-corrected chi connectivity index (χ0v) is 11.7. The largest absolute Gasteiger partial charge is 0.374 e. The first-order valence-corrected chi connectivity index (χ1v) is 6.84. The highest BCUT2D eigenvalue weighted by Gasteiger charge is 2.20. The highest BCUT2D eigenvalue weighted by molar-refractivity contribution is 4.73. The van der Waals surface area contributed by atoms with Gasteiger partial charge in [-0.3, -0.25) is 9.80 Å². The lowest BCUT2D eigenvalue weighted by molar-refractivity contribution is -0.0406. The number of hydrogen-bond acceptors (Lipinski definition) is 4. The Hall–Kier alpha value is -0.160. The summed E-state index contributed by atoms with van der Waals surface area (Å²) in [7, 11) is 2.04. The summed E-state index contributed by atoms with van der Waals surface area (Å²) in [6.45, 7) is 10.3. The molecule has 0 amide bonds. The molecule has 1 atom stereocenters. The van der Waals surface area contributed by atoms with E-state index < -0.39 is 0 Å². The monoisotopic (exact) mass is 243 g/mol. The number of ether oxygens (including phenoxy) is 1. The molecule has 17 heavy (non-hydrogen) atoms. The van der Waals surface area contributed by atoms with Gasteiger partial charge >= 0.3 is 0 Å². The van der Waals surface area contributed by atoms with Gasteiger partial charge in [-0.15, -0.1) is 0 Å². The number of nitrogens with zero attached hydrogens (tertiary/aromatic N) is 2. The third-order valence-electron chi connectivity index (χ3n) is 3.31. The minimum Gasteiger partial charge on any atom is -0.374 e. The zero-order chi connectivity index (χ0) is 12.7. The van der Waals surface area contributed by atoms with Crippen molar-refractivity contribution in [2.75, 3.05) is 46.5 Å². The number of nitrogens with two attached hydrogens (primary N) is 1. The summed E-state index contributed by atoms with van der Waals surface area (Å²) in [5.74, 6) is 0.815. The Kier molecular flexibility index (Phi) is 7.04. The van der Waals surface area contributed by atoms with Crippen LogP contribution < -0.4 is 5.73 Å². The quantitative estimate of drug-likeness (QED) is 0.677. The lowest BCUT2D eigenvalue weighted by atomic mass is 10.1. The molecule has 0 bridgehead atoms. The molecule has 102 valence electrons. The molecule has 0 aromatic carbocycles. The van der Waals surface area contributed by atoms with E-state index in [1.54, 1.807) is 0 Å². The first kappa shape index (κ1) is 14.9. The van der Waals surface area contributed by atoms with E-state index in [-0.39, 0.29) is 0 Å². The molecule has 4 heteroatoms. The van der Waals surface area contributed by atoms with E-state index in [9.17, 15) is 0 Å². The summed E-state index contributed by atoms with van der Waals surface area (Å²) in [6, 6.07) is 0. The van der Waals surface area contributed by atoms with Crippen LogP contribution in [0.15, 0.2) is 0 Å². The van der Waals surface area contributed by atoms with Gasteiger partial charge in [-0.1, -0.05) is 13.8 Å². The summed E-state index contributed by atoms with van der Waals surface area (Å²) in [5, 5.41) is 0. The Morgan fingerprint density at radius 1 is 1.47 bits per heavy atom. The van der Waals surface area contributed by atoms with E-state index in [0.29, 0.717) is 12.8 Å². The number of hydrogen-bond donors (Lipinski definition) is 1. The van der Waals surface area contributed by atoms with Crippen LogP contribution in [0.1, 0.15) is 26.7 Å². The lowest BCUT2D eigenvalue weighted by Crippen LogP contribution is -2.47. The van der Waals surface area contributed by atoms with Gasteiger partial charge in [-0.25, -0.2) is 0 Å². The minimum absolute atomic E-state index is 0.330. The molecule has 1 saturated heterocycles. The van der Waals surface area contributed by atoms with Crippen molar-refractivity contribution >= 4 is 0 Å². The van der Waals surface area contributed by atoms with Crippen LogP contribution in [0.3, 0.4) is 0 Å². The first-order valence-electron chi connectivity index (χ1n) is 6.84. The summed E-state index contributed by atoms with van der Waals surface area (Å²) in [5.41, 5.74) is 5.59. The van der Waals surface area contributed by atoms with E-state index in [1.165, 1.54) is 19.4 Å². The molecule has 0 aromatic rings. The number of rotatable bonds is 7. The lowest BCUT2D eigenvalue weighted by Gasteiger charge is -2.34. The number of likely N-dealkylation sites (N-methyl/N-ethyl adjacent to an activating group) is 1. The molecule has 1 heterocycles. The molecule has 1 rings (SSSR count). The second kappa shape index (κ2) is 8.03. The van der Waals surface area contributed by atoms with Crippen molar-refractivity contribution < 1.29 is 4.74 Å². The molecule has 1 aliphatic rings. The second-order valence-electron chi connectivity index (χ2n) is 5.55.